The summed E-state index contributed by atoms with van der Waals surface area (Å²) in [5.41, 5.74) is 6.37. The standard InChI is InChI=1S/C20H34N4O2.2ClH/c1-13(19(25)22-17-5-6-17)23-7-9-24(10-8-23)20(26)16-11-14-3-2-4-15(12-16)18(14)21;;/h13-18H,2-12,21H2,1H3,(H,22,25);2*1H. The van der Waals surface area contributed by atoms with Crippen LogP contribution in [0.2, 0.25) is 0 Å². The molecule has 3 N–H and O–H groups in total. The second-order valence-electron chi connectivity index (χ2n) is 9.02. The van der Waals surface area contributed by atoms with Gasteiger partial charge in [0.05, 0.1) is 6.04 Å². The van der Waals surface area contributed by atoms with Crippen molar-refractivity contribution >= 4 is 36.6 Å². The third-order valence-electron chi connectivity index (χ3n) is 7.24. The van der Waals surface area contributed by atoms with E-state index in [1.54, 1.807) is 0 Å². The molecule has 3 atom stereocenters. The van der Waals surface area contributed by atoms with Gasteiger partial charge in [-0.3, -0.25) is 14.5 Å². The van der Waals surface area contributed by atoms with Gasteiger partial charge in [0.15, 0.2) is 0 Å². The number of halogens is 2. The zero-order valence-electron chi connectivity index (χ0n) is 16.8. The van der Waals surface area contributed by atoms with E-state index in [2.05, 4.69) is 10.2 Å². The molecule has 3 saturated carbocycles. The molecule has 1 heterocycles. The van der Waals surface area contributed by atoms with E-state index in [-0.39, 0.29) is 42.7 Å². The summed E-state index contributed by atoms with van der Waals surface area (Å²) >= 11 is 0. The van der Waals surface area contributed by atoms with Crippen LogP contribution in [0.3, 0.4) is 0 Å². The highest BCUT2D eigenvalue weighted by Crippen LogP contribution is 2.42. The first-order chi connectivity index (χ1) is 12.5. The third kappa shape index (κ3) is 5.13. The van der Waals surface area contributed by atoms with Gasteiger partial charge in [-0.05, 0) is 57.3 Å². The minimum Gasteiger partial charge on any atom is -0.352 e. The molecule has 28 heavy (non-hydrogen) atoms. The summed E-state index contributed by atoms with van der Waals surface area (Å²) in [5, 5.41) is 3.09. The minimum atomic E-state index is -0.0973. The monoisotopic (exact) mass is 434 g/mol. The lowest BCUT2D eigenvalue weighted by Gasteiger charge is -2.45. The Kier molecular flexibility index (Phi) is 8.44. The molecule has 3 unspecified atom stereocenters. The van der Waals surface area contributed by atoms with E-state index < -0.39 is 0 Å². The number of hydrogen-bond acceptors (Lipinski definition) is 4. The van der Waals surface area contributed by atoms with Crippen LogP contribution >= 0.6 is 24.8 Å². The summed E-state index contributed by atoms with van der Waals surface area (Å²) in [6, 6.07) is 0.625. The van der Waals surface area contributed by atoms with E-state index in [0.717, 1.165) is 51.9 Å². The Morgan fingerprint density at radius 3 is 2.07 bits per heavy atom. The van der Waals surface area contributed by atoms with Crippen LogP contribution < -0.4 is 11.1 Å². The van der Waals surface area contributed by atoms with Gasteiger partial charge < -0.3 is 16.0 Å². The Hall–Kier alpha value is -0.560. The second-order valence-corrected chi connectivity index (χ2v) is 9.02. The van der Waals surface area contributed by atoms with Crippen LogP contribution in [0.25, 0.3) is 0 Å². The van der Waals surface area contributed by atoms with Crippen molar-refractivity contribution in [2.24, 2.45) is 23.5 Å². The molecular formula is C20H36Cl2N4O2. The van der Waals surface area contributed by atoms with Crippen molar-refractivity contribution in [3.05, 3.63) is 0 Å². The molecule has 2 amide bonds. The number of nitrogens with zero attached hydrogens (tertiary/aromatic N) is 2. The highest BCUT2D eigenvalue weighted by Gasteiger charge is 2.42. The molecule has 0 spiro atoms. The maximum Gasteiger partial charge on any atom is 0.237 e. The molecule has 4 fully saturated rings. The average Bonchev–Trinajstić information content (AvgIpc) is 3.44. The number of hydrogen-bond donors (Lipinski definition) is 2. The van der Waals surface area contributed by atoms with Crippen molar-refractivity contribution in [1.82, 2.24) is 15.1 Å². The van der Waals surface area contributed by atoms with Gasteiger partial charge in [0.2, 0.25) is 11.8 Å². The minimum absolute atomic E-state index is 0. The number of piperazine rings is 1. The summed E-state index contributed by atoms with van der Waals surface area (Å²) in [4.78, 5) is 29.6. The molecule has 1 saturated heterocycles. The van der Waals surface area contributed by atoms with Gasteiger partial charge in [0, 0.05) is 44.2 Å². The smallest absolute Gasteiger partial charge is 0.237 e. The number of fused-ring (bicyclic) bond motifs is 2. The summed E-state index contributed by atoms with van der Waals surface area (Å²) in [7, 11) is 0. The number of nitrogens with one attached hydrogen (secondary N) is 1. The first-order valence-corrected chi connectivity index (χ1v) is 10.6. The molecule has 8 heteroatoms. The zero-order chi connectivity index (χ0) is 18.3. The molecule has 0 aromatic rings. The summed E-state index contributed by atoms with van der Waals surface area (Å²) in [6.07, 6.45) is 7.88. The number of rotatable bonds is 4. The molecule has 0 radical (unpaired) electrons. The predicted molar refractivity (Wildman–Crippen MR) is 115 cm³/mol. The molecule has 1 aliphatic heterocycles. The highest BCUT2D eigenvalue weighted by molar-refractivity contribution is 5.85. The van der Waals surface area contributed by atoms with Gasteiger partial charge in [-0.15, -0.1) is 24.8 Å². The average molecular weight is 435 g/mol. The Morgan fingerprint density at radius 2 is 1.54 bits per heavy atom. The van der Waals surface area contributed by atoms with Crippen molar-refractivity contribution < 1.29 is 9.59 Å². The SMILES string of the molecule is CC(C(=O)NC1CC1)N1CCN(C(=O)C2CC3CCCC(C2)C3N)CC1.Cl.Cl. The summed E-state index contributed by atoms with van der Waals surface area (Å²) in [5.74, 6) is 1.74. The maximum absolute atomic E-state index is 13.0. The van der Waals surface area contributed by atoms with E-state index >= 15 is 0 Å². The predicted octanol–water partition coefficient (Wildman–Crippen LogP) is 1.79. The van der Waals surface area contributed by atoms with Gasteiger partial charge in [0.25, 0.3) is 0 Å². The quantitative estimate of drug-likeness (QED) is 0.706. The Bertz CT molecular complexity index is 538. The fourth-order valence-electron chi connectivity index (χ4n) is 5.29. The maximum atomic E-state index is 13.0. The Labute approximate surface area is 181 Å². The summed E-state index contributed by atoms with van der Waals surface area (Å²) in [6.45, 7) is 5.07. The fourth-order valence-corrected chi connectivity index (χ4v) is 5.29. The van der Waals surface area contributed by atoms with E-state index in [9.17, 15) is 9.59 Å². The van der Waals surface area contributed by atoms with Gasteiger partial charge in [0.1, 0.15) is 0 Å². The van der Waals surface area contributed by atoms with Crippen molar-refractivity contribution in [2.45, 2.75) is 70.0 Å². The van der Waals surface area contributed by atoms with Crippen molar-refractivity contribution in [3.8, 4) is 0 Å². The topological polar surface area (TPSA) is 78.7 Å². The van der Waals surface area contributed by atoms with E-state index in [4.69, 9.17) is 5.73 Å². The Morgan fingerprint density at radius 1 is 0.964 bits per heavy atom. The van der Waals surface area contributed by atoms with Gasteiger partial charge >= 0.3 is 0 Å². The number of nitrogens with two attached hydrogens (primary N) is 1. The molecule has 4 rings (SSSR count). The lowest BCUT2D eigenvalue weighted by molar-refractivity contribution is -0.141. The Balaban J connectivity index is 0.00000140. The van der Waals surface area contributed by atoms with Crippen molar-refractivity contribution in [2.75, 3.05) is 26.2 Å². The van der Waals surface area contributed by atoms with E-state index in [0.29, 0.717) is 29.8 Å². The third-order valence-corrected chi connectivity index (χ3v) is 7.24. The van der Waals surface area contributed by atoms with Crippen molar-refractivity contribution in [3.63, 3.8) is 0 Å². The molecule has 2 bridgehead atoms. The molecule has 4 aliphatic rings. The first kappa shape index (κ1) is 23.7. The van der Waals surface area contributed by atoms with Crippen LogP contribution in [0.1, 0.15) is 51.9 Å². The number of carbonyl (C=O) groups is 2. The molecule has 162 valence electrons. The molecule has 3 aliphatic carbocycles. The largest absolute Gasteiger partial charge is 0.352 e. The summed E-state index contributed by atoms with van der Waals surface area (Å²) < 4.78 is 0. The van der Waals surface area contributed by atoms with Crippen molar-refractivity contribution in [1.29, 1.82) is 0 Å². The van der Waals surface area contributed by atoms with Crippen LogP contribution in [-0.2, 0) is 9.59 Å². The van der Waals surface area contributed by atoms with Crippen LogP contribution in [0, 0.1) is 17.8 Å². The first-order valence-electron chi connectivity index (χ1n) is 10.6. The molecular weight excluding hydrogens is 399 g/mol. The second kappa shape index (κ2) is 9.96. The lowest BCUT2D eigenvalue weighted by Crippen LogP contribution is -2.57. The van der Waals surface area contributed by atoms with Crippen LogP contribution in [0.15, 0.2) is 0 Å². The lowest BCUT2D eigenvalue weighted by atomic mass is 9.65. The number of carbonyl (C=O) groups excluding carboxylic acids is 2. The zero-order valence-corrected chi connectivity index (χ0v) is 18.5. The fraction of sp³-hybridized carbons (Fsp3) is 0.900. The van der Waals surface area contributed by atoms with E-state index in [1.165, 1.54) is 19.3 Å². The molecule has 0 aromatic carbocycles. The van der Waals surface area contributed by atoms with Gasteiger partial charge in [-0.1, -0.05) is 6.42 Å². The highest BCUT2D eigenvalue weighted by atomic mass is 35.5. The van der Waals surface area contributed by atoms with Crippen LogP contribution in [0.4, 0.5) is 0 Å². The van der Waals surface area contributed by atoms with Gasteiger partial charge in [-0.2, -0.15) is 0 Å². The number of amides is 2. The normalized spacial score (nSPS) is 33.9. The molecule has 6 nitrogen and oxygen atoms in total. The van der Waals surface area contributed by atoms with Crippen LogP contribution in [-0.4, -0.2) is 65.9 Å². The molecule has 0 aromatic heterocycles. The van der Waals surface area contributed by atoms with E-state index in [1.807, 2.05) is 11.8 Å². The van der Waals surface area contributed by atoms with Gasteiger partial charge in [-0.25, -0.2) is 0 Å². The van der Waals surface area contributed by atoms with Crippen LogP contribution in [0.5, 0.6) is 0 Å².